The van der Waals surface area contributed by atoms with Crippen LogP contribution in [0.3, 0.4) is 0 Å². The second-order valence-electron chi connectivity index (χ2n) is 2.88. The van der Waals surface area contributed by atoms with E-state index in [1.165, 1.54) is 0 Å². The monoisotopic (exact) mass is 195 g/mol. The molecular weight excluding hydrogens is 180 g/mol. The first kappa shape index (κ1) is 10.5. The van der Waals surface area contributed by atoms with Crippen LogP contribution >= 0.6 is 0 Å². The number of aliphatic hydroxyl groups is 4. The summed E-state index contributed by atoms with van der Waals surface area (Å²) in [4.78, 5) is 10.5. The summed E-state index contributed by atoms with van der Waals surface area (Å²) in [7, 11) is 0. The summed E-state index contributed by atoms with van der Waals surface area (Å²) in [6, 6.07) is 0. The molecule has 4 atom stereocenters. The van der Waals surface area contributed by atoms with Crippen LogP contribution in [0, 0.1) is 0 Å². The molecule has 0 radical (unpaired) electrons. The maximum atomic E-state index is 10.5. The Morgan fingerprint density at radius 3 is 2.08 bits per heavy atom. The Balaban J connectivity index is 5.03. The minimum Gasteiger partial charge on any atom is -0.391 e. The van der Waals surface area contributed by atoms with Crippen LogP contribution < -0.4 is 11.5 Å². The second kappa shape index (κ2) is 3.66. The highest BCUT2D eigenvalue weighted by Crippen LogP contribution is 2.16. The molecular formula is C6H14N2O5. The fourth-order valence-corrected chi connectivity index (χ4v) is 0.675. The summed E-state index contributed by atoms with van der Waals surface area (Å²) < 4.78 is 6.52. The molecule has 0 aromatic heterocycles. The van der Waals surface area contributed by atoms with Crippen LogP contribution in [-0.2, 0) is 4.79 Å². The highest BCUT2D eigenvalue weighted by molar-refractivity contribution is 5.63. The van der Waals surface area contributed by atoms with Gasteiger partial charge in [0, 0.05) is 0 Å². The molecule has 0 unspecified atom stereocenters. The molecule has 0 saturated heterocycles. The summed E-state index contributed by atoms with van der Waals surface area (Å²) in [6.07, 6.45) is -5.37. The lowest BCUT2D eigenvalue weighted by molar-refractivity contribution is -0.208. The molecule has 0 heterocycles. The minimum absolute atomic E-state index is 1.06. The molecule has 13 heavy (non-hydrogen) atoms. The lowest BCUT2D eigenvalue weighted by Gasteiger charge is -2.38. The van der Waals surface area contributed by atoms with Crippen LogP contribution in [0.25, 0.3) is 0 Å². The fourth-order valence-electron chi connectivity index (χ4n) is 0.675. The third-order valence-electron chi connectivity index (χ3n) is 1.67. The third kappa shape index (κ3) is 2.21. The van der Waals surface area contributed by atoms with Crippen molar-refractivity contribution in [3.63, 3.8) is 0 Å². The summed E-state index contributed by atoms with van der Waals surface area (Å²) in [5.74, 6) is 0. The van der Waals surface area contributed by atoms with Crippen molar-refractivity contribution in [3.8, 4) is 0 Å². The van der Waals surface area contributed by atoms with Gasteiger partial charge in [-0.1, -0.05) is 0 Å². The number of carbonyl (C=O) groups excluding carboxylic acids is 1. The van der Waals surface area contributed by atoms with Crippen molar-refractivity contribution >= 4 is 6.26 Å². The molecule has 0 fully saturated rings. The second-order valence-corrected chi connectivity index (χ2v) is 2.88. The molecule has 7 nitrogen and oxygen atoms in total. The number of aliphatic hydroxyl groups excluding tert-OH is 2. The molecule has 7 heteroatoms. The molecule has 78 valence electrons. The molecule has 0 aromatic rings. The Bertz CT molecular complexity index is 230. The Morgan fingerprint density at radius 2 is 1.85 bits per heavy atom. The quantitative estimate of drug-likeness (QED) is 0.199. The van der Waals surface area contributed by atoms with Crippen molar-refractivity contribution in [1.29, 1.82) is 0 Å². The van der Waals surface area contributed by atoms with E-state index in [0.717, 1.165) is 6.92 Å². The summed E-state index contributed by atoms with van der Waals surface area (Å²) in [6.45, 7) is 1.06. The maximum Gasteiger partial charge on any atom is 0.216 e. The van der Waals surface area contributed by atoms with Gasteiger partial charge in [-0.15, -0.1) is 0 Å². The normalized spacial score (nSPS) is 26.5. The van der Waals surface area contributed by atoms with Crippen molar-refractivity contribution in [2.45, 2.75) is 30.6 Å². The molecule has 0 rings (SSSR count). The average molecular weight is 195 g/mol. The van der Waals surface area contributed by atoms with E-state index in [2.05, 4.69) is 0 Å². The zero-order valence-electron chi connectivity index (χ0n) is 8.01. The number of rotatable bonds is 4. The smallest absolute Gasteiger partial charge is 0.216 e. The molecule has 0 aliphatic rings. The minimum atomic E-state index is -3.15. The van der Waals surface area contributed by atoms with Gasteiger partial charge in [0.15, 0.2) is 12.0 Å². The number of aldehydes is 1. The van der Waals surface area contributed by atoms with Crippen LogP contribution in [0.15, 0.2) is 0 Å². The van der Waals surface area contributed by atoms with Crippen molar-refractivity contribution in [2.24, 2.45) is 11.5 Å². The number of carbonyl (C=O) groups is 1. The Labute approximate surface area is 76.0 Å². The number of nitrogens with two attached hydrogens (primary N) is 2. The van der Waals surface area contributed by atoms with Gasteiger partial charge < -0.3 is 20.4 Å². The van der Waals surface area contributed by atoms with Crippen LogP contribution in [-0.4, -0.2) is 50.3 Å². The molecule has 0 bridgehead atoms. The van der Waals surface area contributed by atoms with Crippen LogP contribution in [0.1, 0.15) is 8.29 Å². The van der Waals surface area contributed by atoms with Crippen molar-refractivity contribution < 1.29 is 26.6 Å². The summed E-state index contributed by atoms with van der Waals surface area (Å²) >= 11 is 0. The van der Waals surface area contributed by atoms with Gasteiger partial charge in [0.05, 0.1) is 6.10 Å². The lowest BCUT2D eigenvalue weighted by Crippen LogP contribution is -2.74. The first-order valence-electron chi connectivity index (χ1n) is 3.94. The average Bonchev–Trinajstić information content (AvgIpc) is 2.01. The lowest BCUT2D eigenvalue weighted by atomic mass is 9.93. The summed E-state index contributed by atoms with van der Waals surface area (Å²) in [5, 5.41) is 36.4. The van der Waals surface area contributed by atoms with E-state index < -0.39 is 29.9 Å². The van der Waals surface area contributed by atoms with Gasteiger partial charge >= 0.3 is 0 Å². The predicted octanol–water partition coefficient (Wildman–Crippen LogP) is -3.78. The first-order chi connectivity index (χ1) is 6.05. The SMILES string of the molecule is [2H]C(=O)[C@](N)(O)[C@@](N)(O)[C@H](O)[C@@H](C)O. The van der Waals surface area contributed by atoms with Gasteiger partial charge in [-0.05, 0) is 6.92 Å². The van der Waals surface area contributed by atoms with Gasteiger partial charge in [-0.2, -0.15) is 0 Å². The fraction of sp³-hybridized carbons (Fsp3) is 0.833. The molecule has 0 aromatic carbocycles. The van der Waals surface area contributed by atoms with Gasteiger partial charge in [-0.25, -0.2) is 0 Å². The summed E-state index contributed by atoms with van der Waals surface area (Å²) in [5.41, 5.74) is 3.67. The molecule has 0 aliphatic carbocycles. The zero-order valence-corrected chi connectivity index (χ0v) is 7.01. The predicted molar refractivity (Wildman–Crippen MR) is 42.0 cm³/mol. The van der Waals surface area contributed by atoms with Crippen molar-refractivity contribution in [3.05, 3.63) is 0 Å². The molecule has 0 amide bonds. The van der Waals surface area contributed by atoms with Gasteiger partial charge in [0.1, 0.15) is 7.47 Å². The largest absolute Gasteiger partial charge is 0.391 e. The van der Waals surface area contributed by atoms with E-state index in [-0.39, 0.29) is 0 Å². The van der Waals surface area contributed by atoms with Gasteiger partial charge in [-0.3, -0.25) is 16.3 Å². The molecule has 0 aliphatic heterocycles. The van der Waals surface area contributed by atoms with E-state index in [4.69, 9.17) is 28.2 Å². The first-order valence-corrected chi connectivity index (χ1v) is 3.44. The Hall–Kier alpha value is -0.570. The zero-order chi connectivity index (χ0) is 11.7. The van der Waals surface area contributed by atoms with E-state index in [9.17, 15) is 9.90 Å². The van der Waals surface area contributed by atoms with Crippen LogP contribution in [0.2, 0.25) is 0 Å². The van der Waals surface area contributed by atoms with Crippen molar-refractivity contribution in [1.82, 2.24) is 0 Å². The number of hydrogen-bond acceptors (Lipinski definition) is 7. The van der Waals surface area contributed by atoms with Crippen LogP contribution in [0.4, 0.5) is 0 Å². The Morgan fingerprint density at radius 1 is 1.46 bits per heavy atom. The molecule has 0 spiro atoms. The maximum absolute atomic E-state index is 10.5. The molecule has 8 N–H and O–H groups in total. The third-order valence-corrected chi connectivity index (χ3v) is 1.67. The number of hydrogen-bond donors (Lipinski definition) is 6. The highest BCUT2D eigenvalue weighted by Gasteiger charge is 2.50. The van der Waals surface area contributed by atoms with Gasteiger partial charge in [0.25, 0.3) is 0 Å². The van der Waals surface area contributed by atoms with E-state index in [1.807, 2.05) is 0 Å². The van der Waals surface area contributed by atoms with E-state index >= 15 is 0 Å². The Kier molecular flexibility index (Phi) is 2.96. The van der Waals surface area contributed by atoms with E-state index in [0.29, 0.717) is 0 Å². The molecule has 0 saturated carbocycles. The highest BCUT2D eigenvalue weighted by atomic mass is 16.4. The van der Waals surface area contributed by atoms with Gasteiger partial charge in [0.2, 0.25) is 5.72 Å². The van der Waals surface area contributed by atoms with Crippen molar-refractivity contribution in [2.75, 3.05) is 0 Å². The topological polar surface area (TPSA) is 150 Å². The van der Waals surface area contributed by atoms with Crippen LogP contribution in [0.5, 0.6) is 0 Å². The standard InChI is InChI=1S/C6H14N2O5/c1-3(10)4(11)6(8,13)5(7,12)2-9/h2-4,10-13H,7-8H2,1H3/t3-,4-,5+,6+/m1/s1/i2D. The van der Waals surface area contributed by atoms with E-state index in [1.54, 1.807) is 0 Å².